The molecule has 16 heavy (non-hydrogen) atoms. The van der Waals surface area contributed by atoms with Crippen molar-refractivity contribution in [1.82, 2.24) is 5.32 Å². The molecule has 2 nitrogen and oxygen atoms in total. The summed E-state index contributed by atoms with van der Waals surface area (Å²) in [5.74, 6) is 0.567. The summed E-state index contributed by atoms with van der Waals surface area (Å²) in [5.41, 5.74) is 2.88. The van der Waals surface area contributed by atoms with Gasteiger partial charge in [0, 0.05) is 12.5 Å². The monoisotopic (exact) mass is 239 g/mol. The molecule has 0 saturated carbocycles. The van der Waals surface area contributed by atoms with E-state index in [-0.39, 0.29) is 12.4 Å². The lowest BCUT2D eigenvalue weighted by Crippen LogP contribution is -2.32. The molecule has 1 aromatic carbocycles. The van der Waals surface area contributed by atoms with Crippen LogP contribution in [0.5, 0.6) is 0 Å². The predicted molar refractivity (Wildman–Crippen MR) is 67.1 cm³/mol. The number of nitrogens with one attached hydrogen (secondary N) is 1. The molecule has 88 valence electrons. The van der Waals surface area contributed by atoms with Gasteiger partial charge in [-0.15, -0.1) is 12.4 Å². The normalized spacial score (nSPS) is 28.2. The van der Waals surface area contributed by atoms with Gasteiger partial charge in [0.1, 0.15) is 0 Å². The maximum Gasteiger partial charge on any atom is 0.0723 e. The Balaban J connectivity index is 0.000000963. The third-order valence-corrected chi connectivity index (χ3v) is 3.56. The molecule has 2 heterocycles. The van der Waals surface area contributed by atoms with Crippen LogP contribution in [-0.4, -0.2) is 19.2 Å². The highest BCUT2D eigenvalue weighted by Crippen LogP contribution is 2.33. The Bertz CT molecular complexity index is 356. The van der Waals surface area contributed by atoms with Crippen LogP contribution in [0.3, 0.4) is 0 Å². The first kappa shape index (κ1) is 11.9. The Kier molecular flexibility index (Phi) is 3.85. The summed E-state index contributed by atoms with van der Waals surface area (Å²) >= 11 is 0. The van der Waals surface area contributed by atoms with Gasteiger partial charge in [-0.1, -0.05) is 24.3 Å². The molecule has 1 fully saturated rings. The largest absolute Gasteiger partial charge is 0.373 e. The topological polar surface area (TPSA) is 21.3 Å². The van der Waals surface area contributed by atoms with E-state index >= 15 is 0 Å². The number of benzene rings is 1. The number of fused-ring (bicyclic) bond motifs is 3. The van der Waals surface area contributed by atoms with Crippen LogP contribution in [0.15, 0.2) is 24.3 Å². The minimum Gasteiger partial charge on any atom is -0.373 e. The molecule has 2 aliphatic rings. The van der Waals surface area contributed by atoms with E-state index in [2.05, 4.69) is 29.6 Å². The summed E-state index contributed by atoms with van der Waals surface area (Å²) < 4.78 is 5.95. The zero-order chi connectivity index (χ0) is 10.1. The molecule has 2 unspecified atom stereocenters. The molecule has 0 spiro atoms. The van der Waals surface area contributed by atoms with Gasteiger partial charge < -0.3 is 10.1 Å². The van der Waals surface area contributed by atoms with Crippen molar-refractivity contribution in [3.05, 3.63) is 35.4 Å². The summed E-state index contributed by atoms with van der Waals surface area (Å²) in [7, 11) is 0. The van der Waals surface area contributed by atoms with E-state index < -0.39 is 0 Å². The fourth-order valence-electron chi connectivity index (χ4n) is 2.75. The first-order valence-electron chi connectivity index (χ1n) is 5.85. The smallest absolute Gasteiger partial charge is 0.0723 e. The number of ether oxygens (including phenoxy) is 1. The molecule has 0 aromatic heterocycles. The van der Waals surface area contributed by atoms with Gasteiger partial charge in [0.25, 0.3) is 0 Å². The Morgan fingerprint density at radius 3 is 3.06 bits per heavy atom. The molecule has 1 N–H and O–H groups in total. The van der Waals surface area contributed by atoms with E-state index in [4.69, 9.17) is 4.74 Å². The highest BCUT2D eigenvalue weighted by Gasteiger charge is 2.30. The lowest BCUT2D eigenvalue weighted by atomic mass is 9.86. The summed E-state index contributed by atoms with van der Waals surface area (Å²) in [6.07, 6.45) is 2.88. The van der Waals surface area contributed by atoms with Crippen LogP contribution >= 0.6 is 12.4 Å². The third kappa shape index (κ3) is 2.10. The van der Waals surface area contributed by atoms with Gasteiger partial charge in [0.05, 0.1) is 12.7 Å². The molecule has 2 aliphatic heterocycles. The fourth-order valence-corrected chi connectivity index (χ4v) is 2.75. The zero-order valence-electron chi connectivity index (χ0n) is 9.32. The maximum absolute atomic E-state index is 5.95. The first-order chi connectivity index (χ1) is 7.45. The molecular weight excluding hydrogens is 222 g/mol. The Morgan fingerprint density at radius 2 is 2.12 bits per heavy atom. The van der Waals surface area contributed by atoms with E-state index in [1.54, 1.807) is 0 Å². The zero-order valence-corrected chi connectivity index (χ0v) is 10.1. The van der Waals surface area contributed by atoms with Crippen LogP contribution in [0.2, 0.25) is 0 Å². The lowest BCUT2D eigenvalue weighted by molar-refractivity contribution is 0.00662. The summed E-state index contributed by atoms with van der Waals surface area (Å²) in [4.78, 5) is 0. The van der Waals surface area contributed by atoms with Crippen LogP contribution in [0, 0.1) is 0 Å². The van der Waals surface area contributed by atoms with E-state index in [9.17, 15) is 0 Å². The van der Waals surface area contributed by atoms with Gasteiger partial charge in [0.15, 0.2) is 0 Å². The average Bonchev–Trinajstić information content (AvgIpc) is 2.54. The fraction of sp³-hybridized carbons (Fsp3) is 0.538. The average molecular weight is 240 g/mol. The molecule has 0 aliphatic carbocycles. The van der Waals surface area contributed by atoms with Crippen molar-refractivity contribution >= 4 is 12.4 Å². The number of hydrogen-bond acceptors (Lipinski definition) is 2. The van der Waals surface area contributed by atoms with Crippen molar-refractivity contribution in [3.63, 3.8) is 0 Å². The van der Waals surface area contributed by atoms with Gasteiger partial charge in [0.2, 0.25) is 0 Å². The second kappa shape index (κ2) is 5.17. The van der Waals surface area contributed by atoms with Crippen LogP contribution in [0.1, 0.15) is 29.9 Å². The van der Waals surface area contributed by atoms with Crippen LogP contribution < -0.4 is 5.32 Å². The van der Waals surface area contributed by atoms with Crippen LogP contribution in [0.25, 0.3) is 0 Å². The molecule has 3 heteroatoms. The second-order valence-corrected chi connectivity index (χ2v) is 4.50. The van der Waals surface area contributed by atoms with Crippen LogP contribution in [-0.2, 0) is 11.3 Å². The van der Waals surface area contributed by atoms with Crippen molar-refractivity contribution in [2.45, 2.75) is 31.5 Å². The maximum atomic E-state index is 5.95. The van der Waals surface area contributed by atoms with E-state index in [1.165, 1.54) is 24.0 Å². The molecule has 0 radical (unpaired) electrons. The minimum absolute atomic E-state index is 0. The molecule has 2 atom stereocenters. The second-order valence-electron chi connectivity index (χ2n) is 4.50. The number of hydrogen-bond donors (Lipinski definition) is 1. The summed E-state index contributed by atoms with van der Waals surface area (Å²) in [5, 5.41) is 3.51. The van der Waals surface area contributed by atoms with E-state index in [1.807, 2.05) is 0 Å². The standard InChI is InChI=1S/C13H17NO.ClH/c1-2-5-11-10(4-1)9-15-13-6-3-7-14-8-12(11)13;/h1-2,4-5,12-14H,3,6-9H2;1H. The molecule has 0 amide bonds. The van der Waals surface area contributed by atoms with Gasteiger partial charge >= 0.3 is 0 Å². The number of rotatable bonds is 0. The van der Waals surface area contributed by atoms with E-state index in [0.29, 0.717) is 12.0 Å². The van der Waals surface area contributed by atoms with Gasteiger partial charge in [-0.05, 0) is 30.5 Å². The van der Waals surface area contributed by atoms with Gasteiger partial charge in [-0.25, -0.2) is 0 Å². The quantitative estimate of drug-likeness (QED) is 0.751. The third-order valence-electron chi connectivity index (χ3n) is 3.56. The van der Waals surface area contributed by atoms with Gasteiger partial charge in [-0.2, -0.15) is 0 Å². The highest BCUT2D eigenvalue weighted by molar-refractivity contribution is 5.85. The van der Waals surface area contributed by atoms with Crippen molar-refractivity contribution < 1.29 is 4.74 Å². The Hall–Kier alpha value is -0.570. The minimum atomic E-state index is 0. The number of halogens is 1. The molecule has 1 aromatic rings. The summed E-state index contributed by atoms with van der Waals surface area (Å²) in [6.45, 7) is 3.01. The van der Waals surface area contributed by atoms with Gasteiger partial charge in [-0.3, -0.25) is 0 Å². The molecular formula is C13H18ClNO. The van der Waals surface area contributed by atoms with E-state index in [0.717, 1.165) is 19.7 Å². The molecule has 0 bridgehead atoms. The Morgan fingerprint density at radius 1 is 1.25 bits per heavy atom. The predicted octanol–water partition coefficient (Wildman–Crippen LogP) is 2.47. The van der Waals surface area contributed by atoms with Crippen molar-refractivity contribution in [2.75, 3.05) is 13.1 Å². The summed E-state index contributed by atoms with van der Waals surface area (Å²) in [6, 6.07) is 8.71. The van der Waals surface area contributed by atoms with Crippen molar-refractivity contribution in [3.8, 4) is 0 Å². The SMILES string of the molecule is Cl.c1ccc2c(c1)COC1CCCNCC21. The molecule has 1 saturated heterocycles. The Labute approximate surface area is 103 Å². The van der Waals surface area contributed by atoms with Crippen molar-refractivity contribution in [1.29, 1.82) is 0 Å². The highest BCUT2D eigenvalue weighted by atomic mass is 35.5. The van der Waals surface area contributed by atoms with Crippen molar-refractivity contribution in [2.24, 2.45) is 0 Å². The molecule has 3 rings (SSSR count). The lowest BCUT2D eigenvalue weighted by Gasteiger charge is -2.32. The first-order valence-corrected chi connectivity index (χ1v) is 5.85. The van der Waals surface area contributed by atoms with Crippen LogP contribution in [0.4, 0.5) is 0 Å².